The third kappa shape index (κ3) is 4.62. The summed E-state index contributed by atoms with van der Waals surface area (Å²) in [6.07, 6.45) is 0. The monoisotopic (exact) mass is 491 g/mol. The Labute approximate surface area is 204 Å². The first kappa shape index (κ1) is 23.7. The minimum absolute atomic E-state index is 0.164. The zero-order valence-corrected chi connectivity index (χ0v) is 19.0. The summed E-state index contributed by atoms with van der Waals surface area (Å²) in [5.41, 5.74) is 1.15. The Morgan fingerprint density at radius 2 is 1.60 bits per heavy atom. The van der Waals surface area contributed by atoms with Crippen LogP contribution in [0.3, 0.4) is 0 Å². The number of nitro groups is 1. The number of aliphatic hydroxyl groups excluding tert-OH is 1. The second kappa shape index (κ2) is 9.40. The van der Waals surface area contributed by atoms with E-state index in [0.29, 0.717) is 22.0 Å². The number of ketones is 1. The first-order valence-corrected chi connectivity index (χ1v) is 10.7. The highest BCUT2D eigenvalue weighted by atomic mass is 35.5. The molecule has 1 fully saturated rings. The Morgan fingerprint density at radius 3 is 2.14 bits per heavy atom. The van der Waals surface area contributed by atoms with Crippen molar-refractivity contribution < 1.29 is 24.4 Å². The van der Waals surface area contributed by atoms with Crippen LogP contribution in [0.2, 0.25) is 5.02 Å². The Balaban J connectivity index is 1.87. The molecule has 1 heterocycles. The molecule has 0 aliphatic carbocycles. The molecule has 1 atom stereocenters. The number of nitro benzene ring substituents is 1. The quantitative estimate of drug-likeness (QED) is 0.173. The van der Waals surface area contributed by atoms with Gasteiger partial charge in [0.2, 0.25) is 5.91 Å². The first-order valence-electron chi connectivity index (χ1n) is 10.4. The van der Waals surface area contributed by atoms with E-state index in [-0.39, 0.29) is 22.7 Å². The largest absolute Gasteiger partial charge is 0.507 e. The zero-order valence-electron chi connectivity index (χ0n) is 18.3. The maximum Gasteiger partial charge on any atom is 0.300 e. The number of nitrogens with zero attached hydrogens (tertiary/aromatic N) is 2. The van der Waals surface area contributed by atoms with Crippen molar-refractivity contribution in [3.63, 3.8) is 0 Å². The number of anilines is 2. The minimum atomic E-state index is -1.06. The van der Waals surface area contributed by atoms with Gasteiger partial charge in [0.15, 0.2) is 0 Å². The summed E-state index contributed by atoms with van der Waals surface area (Å²) in [5, 5.41) is 25.2. The van der Waals surface area contributed by atoms with Crippen molar-refractivity contribution in [2.75, 3.05) is 10.2 Å². The van der Waals surface area contributed by atoms with E-state index in [1.54, 1.807) is 24.3 Å². The van der Waals surface area contributed by atoms with Gasteiger partial charge in [-0.2, -0.15) is 0 Å². The predicted molar refractivity (Wildman–Crippen MR) is 130 cm³/mol. The average molecular weight is 492 g/mol. The smallest absolute Gasteiger partial charge is 0.300 e. The number of carbonyl (C=O) groups excluding carboxylic acids is 3. The lowest BCUT2D eigenvalue weighted by atomic mass is 9.95. The highest BCUT2D eigenvalue weighted by Gasteiger charge is 2.47. The fourth-order valence-electron chi connectivity index (χ4n) is 3.86. The molecule has 2 N–H and O–H groups in total. The Kier molecular flexibility index (Phi) is 6.35. The van der Waals surface area contributed by atoms with Crippen LogP contribution in [-0.2, 0) is 14.4 Å². The molecule has 1 unspecified atom stereocenters. The molecule has 0 spiro atoms. The lowest BCUT2D eigenvalue weighted by Gasteiger charge is -2.25. The van der Waals surface area contributed by atoms with E-state index in [4.69, 9.17) is 11.6 Å². The number of hydrogen-bond donors (Lipinski definition) is 2. The highest BCUT2D eigenvalue weighted by molar-refractivity contribution is 6.51. The average Bonchev–Trinajstić information content (AvgIpc) is 3.10. The molecule has 1 saturated heterocycles. The van der Waals surface area contributed by atoms with Crippen molar-refractivity contribution in [3.05, 3.63) is 105 Å². The second-order valence-electron chi connectivity index (χ2n) is 7.75. The molecule has 3 aromatic carbocycles. The van der Waals surface area contributed by atoms with Gasteiger partial charge < -0.3 is 10.4 Å². The summed E-state index contributed by atoms with van der Waals surface area (Å²) in [6.45, 7) is 1.36. The number of carbonyl (C=O) groups is 3. The van der Waals surface area contributed by atoms with Crippen LogP contribution in [-0.4, -0.2) is 27.6 Å². The van der Waals surface area contributed by atoms with Gasteiger partial charge in [0.05, 0.1) is 16.5 Å². The van der Waals surface area contributed by atoms with Gasteiger partial charge in [-0.05, 0) is 66.2 Å². The molecule has 176 valence electrons. The molecular weight excluding hydrogens is 474 g/mol. The van der Waals surface area contributed by atoms with Crippen LogP contribution in [0.4, 0.5) is 17.1 Å². The molecule has 0 aromatic heterocycles. The number of rotatable bonds is 5. The lowest BCUT2D eigenvalue weighted by Crippen LogP contribution is -2.29. The summed E-state index contributed by atoms with van der Waals surface area (Å²) in [5.74, 6) is -2.46. The van der Waals surface area contributed by atoms with Crippen molar-refractivity contribution >= 4 is 52.0 Å². The molecule has 0 bridgehead atoms. The third-order valence-corrected chi connectivity index (χ3v) is 5.70. The van der Waals surface area contributed by atoms with Gasteiger partial charge >= 0.3 is 0 Å². The first-order chi connectivity index (χ1) is 16.7. The van der Waals surface area contributed by atoms with Crippen LogP contribution in [0, 0.1) is 10.1 Å². The van der Waals surface area contributed by atoms with Crippen molar-refractivity contribution in [3.8, 4) is 0 Å². The second-order valence-corrected chi connectivity index (χ2v) is 8.19. The number of halogens is 1. The van der Waals surface area contributed by atoms with Crippen LogP contribution in [0.25, 0.3) is 5.76 Å². The van der Waals surface area contributed by atoms with Crippen LogP contribution in [0.5, 0.6) is 0 Å². The highest BCUT2D eigenvalue weighted by Crippen LogP contribution is 2.42. The molecule has 2 amide bonds. The summed E-state index contributed by atoms with van der Waals surface area (Å²) in [6, 6.07) is 16.7. The summed E-state index contributed by atoms with van der Waals surface area (Å²) in [4.78, 5) is 49.4. The van der Waals surface area contributed by atoms with Crippen LogP contribution < -0.4 is 10.2 Å². The van der Waals surface area contributed by atoms with Crippen molar-refractivity contribution in [1.29, 1.82) is 0 Å². The molecule has 9 nitrogen and oxygen atoms in total. The van der Waals surface area contributed by atoms with Crippen LogP contribution in [0.1, 0.15) is 24.1 Å². The summed E-state index contributed by atoms with van der Waals surface area (Å²) >= 11 is 5.93. The van der Waals surface area contributed by atoms with Gasteiger partial charge in [0.25, 0.3) is 17.4 Å². The maximum absolute atomic E-state index is 13.2. The van der Waals surface area contributed by atoms with Crippen molar-refractivity contribution in [1.82, 2.24) is 0 Å². The van der Waals surface area contributed by atoms with Gasteiger partial charge in [0.1, 0.15) is 5.76 Å². The molecular formula is C25H18ClN3O6. The number of Topliss-reactive ketones (excluding diaryl/α,β-unsaturated/α-hetero) is 1. The topological polar surface area (TPSA) is 130 Å². The van der Waals surface area contributed by atoms with Gasteiger partial charge in [-0.3, -0.25) is 29.4 Å². The van der Waals surface area contributed by atoms with Crippen LogP contribution in [0.15, 0.2) is 78.4 Å². The van der Waals surface area contributed by atoms with Crippen molar-refractivity contribution in [2.24, 2.45) is 0 Å². The number of non-ortho nitro benzene ring substituents is 1. The van der Waals surface area contributed by atoms with E-state index in [0.717, 1.165) is 0 Å². The zero-order chi connectivity index (χ0) is 25.3. The van der Waals surface area contributed by atoms with Crippen LogP contribution >= 0.6 is 11.6 Å². The number of aliphatic hydroxyl groups is 1. The molecule has 1 aliphatic heterocycles. The van der Waals surface area contributed by atoms with E-state index in [1.165, 1.54) is 60.4 Å². The SMILES string of the molecule is CC(=O)Nc1ccc(N2C(=O)C(=O)/C(=C(\O)c3ccc(Cl)cc3)C2c2ccc([N+](=O)[O-])cc2)cc1. The fraction of sp³-hybridized carbons (Fsp3) is 0.0800. The van der Waals surface area contributed by atoms with E-state index < -0.39 is 28.4 Å². The van der Waals surface area contributed by atoms with Gasteiger partial charge in [0, 0.05) is 41.0 Å². The maximum atomic E-state index is 13.2. The molecule has 10 heteroatoms. The molecule has 4 rings (SSSR count). The minimum Gasteiger partial charge on any atom is -0.507 e. The molecule has 0 radical (unpaired) electrons. The number of nitrogens with one attached hydrogen (secondary N) is 1. The van der Waals surface area contributed by atoms with E-state index in [9.17, 15) is 29.6 Å². The number of amides is 2. The summed E-state index contributed by atoms with van der Waals surface area (Å²) < 4.78 is 0. The molecule has 0 saturated carbocycles. The lowest BCUT2D eigenvalue weighted by molar-refractivity contribution is -0.384. The Bertz CT molecular complexity index is 1370. The van der Waals surface area contributed by atoms with Gasteiger partial charge in [-0.15, -0.1) is 0 Å². The third-order valence-electron chi connectivity index (χ3n) is 5.45. The normalized spacial score (nSPS) is 16.9. The fourth-order valence-corrected chi connectivity index (χ4v) is 3.99. The predicted octanol–water partition coefficient (Wildman–Crippen LogP) is 4.83. The standard InChI is InChI=1S/C25H18ClN3O6/c1-14(30)27-18-8-12-19(13-9-18)28-22(15-4-10-20(11-5-15)29(34)35)21(24(32)25(28)33)23(31)16-2-6-17(26)7-3-16/h2-13,22,31H,1H3,(H,27,30)/b23-21-. The van der Waals surface area contributed by atoms with Gasteiger partial charge in [-0.25, -0.2) is 0 Å². The van der Waals surface area contributed by atoms with E-state index >= 15 is 0 Å². The van der Waals surface area contributed by atoms with E-state index in [2.05, 4.69) is 5.32 Å². The van der Waals surface area contributed by atoms with E-state index in [1.807, 2.05) is 0 Å². The van der Waals surface area contributed by atoms with Crippen molar-refractivity contribution in [2.45, 2.75) is 13.0 Å². The number of benzene rings is 3. The molecule has 1 aliphatic rings. The van der Waals surface area contributed by atoms with Gasteiger partial charge in [-0.1, -0.05) is 11.6 Å². The summed E-state index contributed by atoms with van der Waals surface area (Å²) in [7, 11) is 0. The Morgan fingerprint density at radius 1 is 1.00 bits per heavy atom. The number of hydrogen-bond acceptors (Lipinski definition) is 6. The molecule has 35 heavy (non-hydrogen) atoms. The molecule has 3 aromatic rings. The Hall–Kier alpha value is -4.50.